The Labute approximate surface area is 76.9 Å². The first-order valence-electron chi connectivity index (χ1n) is 4.15. The molecule has 0 amide bonds. The van der Waals surface area contributed by atoms with Crippen molar-refractivity contribution in [2.24, 2.45) is 5.73 Å². The van der Waals surface area contributed by atoms with Crippen molar-refractivity contribution < 1.29 is 0 Å². The summed E-state index contributed by atoms with van der Waals surface area (Å²) in [4.78, 5) is 8.02. The zero-order valence-electron chi connectivity index (χ0n) is 7.54. The first-order valence-corrected chi connectivity index (χ1v) is 4.15. The van der Waals surface area contributed by atoms with Crippen molar-refractivity contribution in [3.05, 3.63) is 18.0 Å². The van der Waals surface area contributed by atoms with Crippen molar-refractivity contribution in [3.63, 3.8) is 0 Å². The quantitative estimate of drug-likeness (QED) is 0.466. The Morgan fingerprint density at radius 2 is 2.46 bits per heavy atom. The summed E-state index contributed by atoms with van der Waals surface area (Å²) in [6.07, 6.45) is 2.59. The Morgan fingerprint density at radius 3 is 3.08 bits per heavy atom. The minimum Gasteiger partial charge on any atom is -0.382 e. The van der Waals surface area contributed by atoms with E-state index in [1.54, 1.807) is 12.3 Å². The summed E-state index contributed by atoms with van der Waals surface area (Å²) < 4.78 is 0. The van der Waals surface area contributed by atoms with Gasteiger partial charge in [0, 0.05) is 12.7 Å². The molecule has 1 aromatic heterocycles. The zero-order valence-corrected chi connectivity index (χ0v) is 7.54. The number of amidine groups is 1. The molecular weight excluding hydrogens is 166 g/mol. The van der Waals surface area contributed by atoms with Gasteiger partial charge in [-0.15, -0.1) is 0 Å². The third kappa shape index (κ3) is 2.70. The number of nitrogens with zero attached hydrogens (tertiary/aromatic N) is 2. The fourth-order valence-electron chi connectivity index (χ4n) is 0.831. The van der Waals surface area contributed by atoms with Gasteiger partial charge in [-0.2, -0.15) is 0 Å². The van der Waals surface area contributed by atoms with Crippen LogP contribution in [0.1, 0.15) is 19.0 Å². The highest BCUT2D eigenvalue weighted by molar-refractivity contribution is 5.93. The van der Waals surface area contributed by atoms with Gasteiger partial charge in [-0.25, -0.2) is 9.97 Å². The molecule has 0 spiro atoms. The summed E-state index contributed by atoms with van der Waals surface area (Å²) in [5.41, 5.74) is 5.73. The van der Waals surface area contributed by atoms with Crippen LogP contribution in [0.25, 0.3) is 0 Å². The SMILES string of the molecule is CCCNc1nccc(C(=N)N)n1. The molecule has 1 aromatic rings. The molecule has 0 aliphatic heterocycles. The third-order valence-corrected chi connectivity index (χ3v) is 1.46. The Morgan fingerprint density at radius 1 is 1.69 bits per heavy atom. The van der Waals surface area contributed by atoms with Crippen LogP contribution in [-0.4, -0.2) is 22.3 Å². The summed E-state index contributed by atoms with van der Waals surface area (Å²) in [5.74, 6) is 0.483. The van der Waals surface area contributed by atoms with Gasteiger partial charge >= 0.3 is 0 Å². The van der Waals surface area contributed by atoms with E-state index in [4.69, 9.17) is 11.1 Å². The van der Waals surface area contributed by atoms with Crippen LogP contribution < -0.4 is 11.1 Å². The topological polar surface area (TPSA) is 87.7 Å². The van der Waals surface area contributed by atoms with Crippen molar-refractivity contribution in [1.82, 2.24) is 9.97 Å². The minimum atomic E-state index is -0.0399. The molecule has 13 heavy (non-hydrogen) atoms. The number of hydrogen-bond donors (Lipinski definition) is 3. The fourth-order valence-corrected chi connectivity index (χ4v) is 0.831. The molecule has 0 fully saturated rings. The van der Waals surface area contributed by atoms with Gasteiger partial charge in [0.15, 0.2) is 0 Å². The van der Waals surface area contributed by atoms with E-state index < -0.39 is 0 Å². The molecule has 0 aliphatic rings. The lowest BCUT2D eigenvalue weighted by molar-refractivity contribution is 0.950. The normalized spacial score (nSPS) is 9.62. The second-order valence-electron chi connectivity index (χ2n) is 2.61. The van der Waals surface area contributed by atoms with Gasteiger partial charge in [-0.1, -0.05) is 6.92 Å². The van der Waals surface area contributed by atoms with Crippen LogP contribution in [0.3, 0.4) is 0 Å². The fraction of sp³-hybridized carbons (Fsp3) is 0.375. The molecule has 1 rings (SSSR count). The first-order chi connectivity index (χ1) is 6.24. The molecule has 0 atom stereocenters. The van der Waals surface area contributed by atoms with Crippen LogP contribution in [0.5, 0.6) is 0 Å². The van der Waals surface area contributed by atoms with Gasteiger partial charge in [0.2, 0.25) is 5.95 Å². The average Bonchev–Trinajstić information content (AvgIpc) is 2.15. The molecule has 5 heteroatoms. The highest BCUT2D eigenvalue weighted by atomic mass is 15.1. The molecular formula is C8H13N5. The molecule has 0 bridgehead atoms. The van der Waals surface area contributed by atoms with Crippen molar-refractivity contribution in [2.75, 3.05) is 11.9 Å². The summed E-state index contributed by atoms with van der Waals surface area (Å²) in [7, 11) is 0. The molecule has 0 aromatic carbocycles. The first kappa shape index (κ1) is 9.44. The van der Waals surface area contributed by atoms with Crippen LogP contribution in [0, 0.1) is 5.41 Å². The molecule has 4 N–H and O–H groups in total. The standard InChI is InChI=1S/C8H13N5/c1-2-4-11-8-12-5-3-6(13-8)7(9)10/h3,5H,2,4H2,1H3,(H3,9,10)(H,11,12,13). The summed E-state index contributed by atoms with van der Waals surface area (Å²) in [6.45, 7) is 2.88. The van der Waals surface area contributed by atoms with E-state index in [1.165, 1.54) is 0 Å². The van der Waals surface area contributed by atoms with Gasteiger partial charge in [0.1, 0.15) is 11.5 Å². The largest absolute Gasteiger partial charge is 0.382 e. The second kappa shape index (κ2) is 4.39. The van der Waals surface area contributed by atoms with Crippen molar-refractivity contribution in [2.45, 2.75) is 13.3 Å². The van der Waals surface area contributed by atoms with Gasteiger partial charge in [-0.3, -0.25) is 5.41 Å². The monoisotopic (exact) mass is 179 g/mol. The number of rotatable bonds is 4. The lowest BCUT2D eigenvalue weighted by Crippen LogP contribution is -2.15. The predicted octanol–water partition coefficient (Wildman–Crippen LogP) is 0.583. The van der Waals surface area contributed by atoms with Gasteiger partial charge in [0.25, 0.3) is 0 Å². The molecule has 0 unspecified atom stereocenters. The third-order valence-electron chi connectivity index (χ3n) is 1.46. The molecule has 1 heterocycles. The molecule has 0 aliphatic carbocycles. The summed E-state index contributed by atoms with van der Waals surface area (Å²) >= 11 is 0. The molecule has 0 saturated carbocycles. The Kier molecular flexibility index (Phi) is 3.19. The molecule has 70 valence electrons. The van der Waals surface area contributed by atoms with E-state index in [1.807, 2.05) is 0 Å². The van der Waals surface area contributed by atoms with Crippen molar-refractivity contribution in [1.29, 1.82) is 5.41 Å². The maximum Gasteiger partial charge on any atom is 0.223 e. The molecule has 0 saturated heterocycles. The van der Waals surface area contributed by atoms with E-state index in [2.05, 4.69) is 22.2 Å². The highest BCUT2D eigenvalue weighted by Gasteiger charge is 1.99. The number of aromatic nitrogens is 2. The van der Waals surface area contributed by atoms with Crippen molar-refractivity contribution >= 4 is 11.8 Å². The van der Waals surface area contributed by atoms with E-state index >= 15 is 0 Å². The maximum atomic E-state index is 7.17. The number of nitrogens with two attached hydrogens (primary N) is 1. The predicted molar refractivity (Wildman–Crippen MR) is 51.8 cm³/mol. The van der Waals surface area contributed by atoms with Crippen LogP contribution in [0.4, 0.5) is 5.95 Å². The van der Waals surface area contributed by atoms with Gasteiger partial charge in [-0.05, 0) is 12.5 Å². The van der Waals surface area contributed by atoms with E-state index in [-0.39, 0.29) is 5.84 Å². The van der Waals surface area contributed by atoms with E-state index in [0.717, 1.165) is 13.0 Å². The lowest BCUT2D eigenvalue weighted by Gasteiger charge is -2.03. The smallest absolute Gasteiger partial charge is 0.223 e. The van der Waals surface area contributed by atoms with Gasteiger partial charge in [0.05, 0.1) is 0 Å². The Hall–Kier alpha value is -1.65. The summed E-state index contributed by atoms with van der Waals surface area (Å²) in [6, 6.07) is 1.61. The van der Waals surface area contributed by atoms with Crippen molar-refractivity contribution in [3.8, 4) is 0 Å². The second-order valence-corrected chi connectivity index (χ2v) is 2.61. The molecule has 0 radical (unpaired) electrons. The van der Waals surface area contributed by atoms with Gasteiger partial charge < -0.3 is 11.1 Å². The van der Waals surface area contributed by atoms with Crippen LogP contribution >= 0.6 is 0 Å². The number of nitrogen functional groups attached to an aromatic ring is 1. The number of anilines is 1. The Bertz CT molecular complexity index is 296. The lowest BCUT2D eigenvalue weighted by atomic mass is 10.4. The minimum absolute atomic E-state index is 0.0399. The number of nitrogens with one attached hydrogen (secondary N) is 2. The average molecular weight is 179 g/mol. The summed E-state index contributed by atoms with van der Waals surface area (Å²) in [5, 5.41) is 10.2. The van der Waals surface area contributed by atoms with Crippen LogP contribution in [0.15, 0.2) is 12.3 Å². The van der Waals surface area contributed by atoms with E-state index in [9.17, 15) is 0 Å². The highest BCUT2D eigenvalue weighted by Crippen LogP contribution is 1.99. The number of hydrogen-bond acceptors (Lipinski definition) is 4. The maximum absolute atomic E-state index is 7.17. The van der Waals surface area contributed by atoms with Crippen LogP contribution in [0.2, 0.25) is 0 Å². The zero-order chi connectivity index (χ0) is 9.68. The molecule has 5 nitrogen and oxygen atoms in total. The van der Waals surface area contributed by atoms with Crippen LogP contribution in [-0.2, 0) is 0 Å². The Balaban J connectivity index is 2.73. The van der Waals surface area contributed by atoms with E-state index in [0.29, 0.717) is 11.6 Å².